The summed E-state index contributed by atoms with van der Waals surface area (Å²) in [6.45, 7) is -2.93. The third-order valence-electron chi connectivity index (χ3n) is 12.2. The summed E-state index contributed by atoms with van der Waals surface area (Å²) in [6.07, 6.45) is 0. The van der Waals surface area contributed by atoms with Gasteiger partial charge in [0.25, 0.3) is 12.2 Å². The zero-order chi connectivity index (χ0) is 61.6. The summed E-state index contributed by atoms with van der Waals surface area (Å²) >= 11 is 5.89. The van der Waals surface area contributed by atoms with E-state index < -0.39 is 52.8 Å². The van der Waals surface area contributed by atoms with Gasteiger partial charge in [0.15, 0.2) is 27.5 Å². The summed E-state index contributed by atoms with van der Waals surface area (Å²) in [5, 5.41) is 13.0. The summed E-state index contributed by atoms with van der Waals surface area (Å²) in [5.74, 6) is -0.356. The lowest BCUT2D eigenvalue weighted by Gasteiger charge is -2.39. The second-order valence-electron chi connectivity index (χ2n) is 17.5. The van der Waals surface area contributed by atoms with Crippen molar-refractivity contribution in [2.45, 2.75) is 11.0 Å². The van der Waals surface area contributed by atoms with Crippen molar-refractivity contribution in [2.75, 3.05) is 0 Å². The third kappa shape index (κ3) is 16.4. The molecule has 0 aliphatic carbocycles. The van der Waals surface area contributed by atoms with Crippen LogP contribution in [0.5, 0.6) is 0 Å². The molecule has 0 aliphatic rings. The van der Waals surface area contributed by atoms with E-state index in [-0.39, 0.29) is 11.6 Å². The quantitative estimate of drug-likeness (QED) is 0.0315. The van der Waals surface area contributed by atoms with Crippen molar-refractivity contribution in [3.8, 4) is 0 Å². The summed E-state index contributed by atoms with van der Waals surface area (Å²) in [5.41, 5.74) is -11.3. The highest BCUT2D eigenvalue weighted by Gasteiger charge is 2.70. The van der Waals surface area contributed by atoms with Crippen LogP contribution in [0.2, 0.25) is 0 Å². The van der Waals surface area contributed by atoms with Crippen LogP contribution in [-0.2, 0) is 20.2 Å². The predicted octanol–water partition coefficient (Wildman–Crippen LogP) is 13.5. The fraction of sp³-hybridized carbons (Fsp3) is 0.0312. The zero-order valence-electron chi connectivity index (χ0n) is 44.4. The Balaban J connectivity index is 0.000000312. The van der Waals surface area contributed by atoms with Gasteiger partial charge in [-0.3, -0.25) is 0 Å². The smallest absolute Gasteiger partial charge is 0.485 e. The Morgan fingerprint density at radius 1 is 0.365 bits per heavy atom. The van der Waals surface area contributed by atoms with Crippen LogP contribution in [0.15, 0.2) is 308 Å². The predicted molar refractivity (Wildman–Crippen MR) is 334 cm³/mol. The van der Waals surface area contributed by atoms with E-state index >= 15 is 0 Å². The molecule has 0 saturated carbocycles. The summed E-state index contributed by atoms with van der Waals surface area (Å²) in [6, 6.07) is 105. The lowest BCUT2D eigenvalue weighted by Crippen LogP contribution is -2.45. The van der Waals surface area contributed by atoms with Crippen molar-refractivity contribution in [3.63, 3.8) is 0 Å². The maximum Gasteiger partial charge on any atom is 0.485 e. The lowest BCUT2D eigenvalue weighted by atomic mass is 10.4. The number of hydrogen-bond acceptors (Lipinski definition) is 8. The van der Waals surface area contributed by atoms with Crippen LogP contribution < -0.4 is 42.4 Å². The molecule has 0 N–H and O–H groups in total. The molecule has 0 saturated heterocycles. The van der Waals surface area contributed by atoms with Crippen molar-refractivity contribution in [1.82, 2.24) is 0 Å². The molecule has 0 fully saturated rings. The number of nitrogens with zero attached hydrogens (tertiary/aromatic N) is 1. The summed E-state index contributed by atoms with van der Waals surface area (Å²) in [7, 11) is -18.2. The minimum atomic E-state index is -6.09. The van der Waals surface area contributed by atoms with Crippen molar-refractivity contribution >= 4 is 106 Å². The van der Waals surface area contributed by atoms with Gasteiger partial charge in [-0.25, -0.2) is 25.6 Å². The van der Waals surface area contributed by atoms with E-state index in [4.69, 9.17) is 42.9 Å². The molecule has 0 amide bonds. The second-order valence-corrected chi connectivity index (χ2v) is 31.2. The maximum atomic E-state index is 11.9. The average molecular weight is 1270 g/mol. The van der Waals surface area contributed by atoms with Gasteiger partial charge in [-0.15, -0.1) is 0 Å². The van der Waals surface area contributed by atoms with E-state index in [1.165, 1.54) is 60.9 Å². The Morgan fingerprint density at radius 2 is 0.553 bits per heavy atom. The number of thiocarbonyl (C=S) groups is 1. The number of rotatable bonds is 11. The fourth-order valence-corrected chi connectivity index (χ4v) is 29.6. The van der Waals surface area contributed by atoms with Gasteiger partial charge < -0.3 is 9.11 Å². The molecule has 0 unspecified atom stereocenters. The van der Waals surface area contributed by atoms with Crippen molar-refractivity contribution in [1.29, 1.82) is 0 Å². The molecule has 10 rings (SSSR count). The number of benzene rings is 10. The largest absolute Gasteiger partial charge is 0.741 e. The fourth-order valence-electron chi connectivity index (χ4n) is 8.87. The molecule has 7 nitrogen and oxygen atoms in total. The van der Waals surface area contributed by atoms with E-state index in [0.29, 0.717) is 0 Å². The Morgan fingerprint density at radius 3 is 0.729 bits per heavy atom. The number of isothiocyanates is 1. The van der Waals surface area contributed by atoms with Gasteiger partial charge in [-0.2, -0.15) is 26.3 Å². The summed E-state index contributed by atoms with van der Waals surface area (Å²) < 4.78 is 149. The molecule has 0 radical (unpaired) electrons. The number of alkyl halides is 6. The second kappa shape index (κ2) is 30.5. The first-order valence-corrected chi connectivity index (χ1v) is 33.7. The Labute approximate surface area is 495 Å². The number of hydrogen-bond donors (Lipinski definition) is 0. The standard InChI is InChI=1S/C50H40NP3S.2C6H5F.2CHF3O3S/c55-41-51-54(48-37-21-7-22-38-48,49-39-23-8-24-40-49)50(52(42-25-9-1-10-26-42,43-27-11-2-12-28-43)44-29-13-3-14-30-44)53(45-31-15-4-16-32-45,46-33-17-5-18-34-46)47-35-19-6-20-36-47;2*7-6-4-2-1-3-5-6;2*2-1(3,4)8(5,6)7/h1-40H;2*1-5H;2*(H,5,6,7)/q+2;;;;/p-2. The normalized spacial score (nSPS) is 11.6. The van der Waals surface area contributed by atoms with Gasteiger partial charge in [0.05, 0.1) is 6.89 Å². The molecular weight excluding hydrogens is 1220 g/mol. The molecule has 436 valence electrons. The highest BCUT2D eigenvalue weighted by Crippen LogP contribution is 2.80. The van der Waals surface area contributed by atoms with E-state index in [9.17, 15) is 35.1 Å². The molecular formula is C64H50F8NO6P3S3. The molecule has 10 aromatic rings. The molecule has 0 aliphatic heterocycles. The van der Waals surface area contributed by atoms with Crippen molar-refractivity contribution in [3.05, 3.63) is 315 Å². The highest BCUT2D eigenvalue weighted by atomic mass is 32.2. The van der Waals surface area contributed by atoms with Crippen LogP contribution in [-0.4, -0.2) is 46.9 Å². The Kier molecular flexibility index (Phi) is 23.9. The van der Waals surface area contributed by atoms with Gasteiger partial charge in [0.1, 0.15) is 43.3 Å². The molecule has 0 heterocycles. The third-order valence-corrected chi connectivity index (χ3v) is 29.6. The molecule has 21 heteroatoms. The van der Waals surface area contributed by atoms with E-state index in [2.05, 4.69) is 248 Å². The van der Waals surface area contributed by atoms with E-state index in [0.717, 1.165) is 10.6 Å². The van der Waals surface area contributed by atoms with Crippen molar-refractivity contribution in [2.24, 2.45) is 4.76 Å². The van der Waals surface area contributed by atoms with Crippen LogP contribution in [0.3, 0.4) is 0 Å². The van der Waals surface area contributed by atoms with Gasteiger partial charge >= 0.3 is 11.0 Å². The summed E-state index contributed by atoms with van der Waals surface area (Å²) in [4.78, 5) is 0. The topological polar surface area (TPSA) is 127 Å². The van der Waals surface area contributed by atoms with Crippen LogP contribution >= 0.6 is 33.8 Å². The minimum Gasteiger partial charge on any atom is -0.741 e. The monoisotopic (exact) mass is 1270 g/mol. The van der Waals surface area contributed by atoms with Crippen LogP contribution in [0.25, 0.3) is 0 Å². The molecule has 0 atom stereocenters. The lowest BCUT2D eigenvalue weighted by molar-refractivity contribution is -0.0522. The van der Waals surface area contributed by atoms with Gasteiger partial charge in [0.2, 0.25) is 0 Å². The van der Waals surface area contributed by atoms with Crippen LogP contribution in [0.4, 0.5) is 35.1 Å². The van der Waals surface area contributed by atoms with E-state index in [1.807, 2.05) is 0 Å². The first kappa shape index (κ1) is 66.6. The highest BCUT2D eigenvalue weighted by molar-refractivity contribution is 8.38. The Bertz CT molecular complexity index is 3670. The minimum absolute atomic E-state index is 0.178. The molecule has 10 aromatic carbocycles. The average Bonchev–Trinajstić information content (AvgIpc) is 0.735. The van der Waals surface area contributed by atoms with E-state index in [1.54, 1.807) is 36.4 Å². The zero-order valence-corrected chi connectivity index (χ0v) is 49.5. The molecule has 0 bridgehead atoms. The maximum absolute atomic E-state index is 11.9. The molecule has 85 heavy (non-hydrogen) atoms. The number of halogens is 8. The van der Waals surface area contributed by atoms with Crippen LogP contribution in [0, 0.1) is 11.6 Å². The van der Waals surface area contributed by atoms with Crippen LogP contribution in [0.1, 0.15) is 0 Å². The molecule has 0 spiro atoms. The first-order chi connectivity index (χ1) is 40.6. The van der Waals surface area contributed by atoms with Gasteiger partial charge in [-0.05, 0) is 113 Å². The Hall–Kier alpha value is -7.58. The van der Waals surface area contributed by atoms with Gasteiger partial charge in [0, 0.05) is 0 Å². The van der Waals surface area contributed by atoms with Gasteiger partial charge in [-0.1, -0.05) is 223 Å². The first-order valence-electron chi connectivity index (χ1n) is 25.1. The SMILES string of the molecule is Fc1ccccc1.Fc1ccccc1.O=S(=O)([O-])C(F)(F)F.O=S(=O)([O-])C(F)(F)F.S=C=N[P+](C(=P(c1ccccc1)(c1ccccc1)c1ccccc1)[P+](c1ccccc1)(c1ccccc1)c1ccccc1)(c1ccccc1)c1ccccc1. The van der Waals surface area contributed by atoms with Crippen molar-refractivity contribution < 1.29 is 61.1 Å². The molecule has 0 aromatic heterocycles.